The number of nitrogens with two attached hydrogens (primary N) is 1. The maximum Gasteiger partial charge on any atom is 0.238 e. The Bertz CT molecular complexity index is 638. The molecule has 0 atom stereocenters. The van der Waals surface area contributed by atoms with Crippen LogP contribution in [0.2, 0.25) is 0 Å². The molecule has 0 unspecified atom stereocenters. The average molecular weight is 312 g/mol. The first-order valence-corrected chi connectivity index (χ1v) is 8.33. The Morgan fingerprint density at radius 2 is 2.10 bits per heavy atom. The molecule has 1 aromatic rings. The molecule has 0 bridgehead atoms. The zero-order valence-electron chi connectivity index (χ0n) is 12.2. The van der Waals surface area contributed by atoms with Crippen molar-refractivity contribution in [3.05, 3.63) is 23.8 Å². The molecule has 1 saturated carbocycles. The maximum atomic E-state index is 12.3. The molecule has 1 aliphatic carbocycles. The van der Waals surface area contributed by atoms with Gasteiger partial charge in [0.2, 0.25) is 15.9 Å². The average Bonchev–Trinajstić information content (AvgIpc) is 2.35. The highest BCUT2D eigenvalue weighted by Crippen LogP contribution is 2.26. The predicted octanol–water partition coefficient (Wildman–Crippen LogP) is 0.896. The molecule has 0 heterocycles. The van der Waals surface area contributed by atoms with Crippen molar-refractivity contribution >= 4 is 15.9 Å². The summed E-state index contributed by atoms with van der Waals surface area (Å²) < 4.78 is 28.0. The largest absolute Gasteiger partial charge is 0.496 e. The van der Waals surface area contributed by atoms with Crippen LogP contribution < -0.4 is 9.88 Å². The summed E-state index contributed by atoms with van der Waals surface area (Å²) in [5, 5.41) is 5.12. The van der Waals surface area contributed by atoms with E-state index >= 15 is 0 Å². The molecule has 116 valence electrons. The third kappa shape index (κ3) is 3.54. The molecule has 1 aliphatic rings. The van der Waals surface area contributed by atoms with Gasteiger partial charge in [-0.25, -0.2) is 13.6 Å². The minimum Gasteiger partial charge on any atom is -0.496 e. The molecule has 2 N–H and O–H groups in total. The van der Waals surface area contributed by atoms with Gasteiger partial charge in [0.25, 0.3) is 0 Å². The van der Waals surface area contributed by atoms with Gasteiger partial charge in [0.1, 0.15) is 5.75 Å². The van der Waals surface area contributed by atoms with Gasteiger partial charge in [0.05, 0.1) is 18.4 Å². The van der Waals surface area contributed by atoms with E-state index in [1.807, 2.05) is 0 Å². The summed E-state index contributed by atoms with van der Waals surface area (Å²) in [6, 6.07) is 4.59. The van der Waals surface area contributed by atoms with Gasteiger partial charge in [-0.1, -0.05) is 0 Å². The Hall–Kier alpha value is -1.60. The smallest absolute Gasteiger partial charge is 0.238 e. The molecule has 0 aliphatic heterocycles. The van der Waals surface area contributed by atoms with Crippen molar-refractivity contribution in [3.63, 3.8) is 0 Å². The number of methoxy groups -OCH3 is 1. The van der Waals surface area contributed by atoms with Gasteiger partial charge in [-0.2, -0.15) is 0 Å². The van der Waals surface area contributed by atoms with Crippen LogP contribution in [0.5, 0.6) is 5.75 Å². The van der Waals surface area contributed by atoms with Crippen molar-refractivity contribution in [2.45, 2.75) is 36.6 Å². The quantitative estimate of drug-likeness (QED) is 0.874. The summed E-state index contributed by atoms with van der Waals surface area (Å²) in [5.74, 6) is 0.433. The molecule has 21 heavy (non-hydrogen) atoms. The number of likely N-dealkylation sites (N-methyl/N-ethyl adjacent to an activating group) is 1. The lowest BCUT2D eigenvalue weighted by Crippen LogP contribution is -2.42. The Morgan fingerprint density at radius 1 is 1.43 bits per heavy atom. The normalized spacial score (nSPS) is 15.4. The van der Waals surface area contributed by atoms with E-state index in [0.29, 0.717) is 17.4 Å². The third-order valence-corrected chi connectivity index (χ3v) is 4.85. The van der Waals surface area contributed by atoms with Crippen LogP contribution in [0.3, 0.4) is 0 Å². The topological polar surface area (TPSA) is 89.7 Å². The van der Waals surface area contributed by atoms with Crippen molar-refractivity contribution in [3.8, 4) is 5.75 Å². The third-order valence-electron chi connectivity index (χ3n) is 3.94. The molecule has 0 aromatic heterocycles. The molecule has 1 amide bonds. The van der Waals surface area contributed by atoms with Crippen LogP contribution >= 0.6 is 0 Å². The molecule has 2 rings (SSSR count). The number of nitrogens with zero attached hydrogens (tertiary/aromatic N) is 1. The number of rotatable bonds is 5. The SMILES string of the molecule is COc1ccc(S(N)(=O)=O)cc1CC(=O)N(C)C1CCC1. The molecule has 6 nitrogen and oxygen atoms in total. The summed E-state index contributed by atoms with van der Waals surface area (Å²) >= 11 is 0. The lowest BCUT2D eigenvalue weighted by molar-refractivity contribution is -0.132. The fourth-order valence-corrected chi connectivity index (χ4v) is 2.90. The van der Waals surface area contributed by atoms with Crippen LogP contribution in [-0.2, 0) is 21.2 Å². The maximum absolute atomic E-state index is 12.3. The highest BCUT2D eigenvalue weighted by molar-refractivity contribution is 7.89. The van der Waals surface area contributed by atoms with Crippen LogP contribution in [0, 0.1) is 0 Å². The highest BCUT2D eigenvalue weighted by Gasteiger charge is 2.26. The molecule has 1 aromatic carbocycles. The first kappa shape index (κ1) is 15.8. The van der Waals surface area contributed by atoms with Gasteiger partial charge < -0.3 is 9.64 Å². The van der Waals surface area contributed by atoms with Crippen LogP contribution in [0.1, 0.15) is 24.8 Å². The van der Waals surface area contributed by atoms with Gasteiger partial charge in [-0.15, -0.1) is 0 Å². The predicted molar refractivity (Wildman–Crippen MR) is 78.5 cm³/mol. The number of carbonyl (C=O) groups excluding carboxylic acids is 1. The fourth-order valence-electron chi connectivity index (χ4n) is 2.34. The summed E-state index contributed by atoms with van der Waals surface area (Å²) in [5.41, 5.74) is 0.528. The van der Waals surface area contributed by atoms with Crippen LogP contribution in [0.15, 0.2) is 23.1 Å². The van der Waals surface area contributed by atoms with Crippen LogP contribution in [-0.4, -0.2) is 39.4 Å². The van der Waals surface area contributed by atoms with Gasteiger partial charge in [-0.3, -0.25) is 4.79 Å². The monoisotopic (exact) mass is 312 g/mol. The summed E-state index contributed by atoms with van der Waals surface area (Å²) in [6.45, 7) is 0. The molecule has 0 saturated heterocycles. The van der Waals surface area contributed by atoms with Crippen molar-refractivity contribution in [2.75, 3.05) is 14.2 Å². The summed E-state index contributed by atoms with van der Waals surface area (Å²) in [4.78, 5) is 14.0. The number of hydrogen-bond acceptors (Lipinski definition) is 4. The number of benzene rings is 1. The molecule has 0 radical (unpaired) electrons. The Kier molecular flexibility index (Phi) is 4.53. The Balaban J connectivity index is 2.22. The minimum atomic E-state index is -3.80. The van der Waals surface area contributed by atoms with E-state index in [9.17, 15) is 13.2 Å². The molecule has 7 heteroatoms. The molecule has 1 fully saturated rings. The Labute approximate surface area is 124 Å². The number of sulfonamides is 1. The van der Waals surface area contributed by atoms with Crippen LogP contribution in [0.4, 0.5) is 0 Å². The minimum absolute atomic E-state index is 0.0163. The number of carbonyl (C=O) groups is 1. The molecular weight excluding hydrogens is 292 g/mol. The van der Waals surface area contributed by atoms with Crippen molar-refractivity contribution in [1.82, 2.24) is 4.90 Å². The van der Waals surface area contributed by atoms with E-state index in [2.05, 4.69) is 0 Å². The second kappa shape index (κ2) is 6.03. The van der Waals surface area contributed by atoms with Crippen molar-refractivity contribution in [2.24, 2.45) is 5.14 Å². The van der Waals surface area contributed by atoms with E-state index < -0.39 is 10.0 Å². The number of amides is 1. The molecule has 0 spiro atoms. The number of primary sulfonamides is 1. The van der Waals surface area contributed by atoms with Gasteiger partial charge in [-0.05, 0) is 37.5 Å². The van der Waals surface area contributed by atoms with Gasteiger partial charge in [0.15, 0.2) is 0 Å². The highest BCUT2D eigenvalue weighted by atomic mass is 32.2. The van der Waals surface area contributed by atoms with Gasteiger partial charge >= 0.3 is 0 Å². The first-order chi connectivity index (χ1) is 9.82. The lowest BCUT2D eigenvalue weighted by Gasteiger charge is -2.34. The summed E-state index contributed by atoms with van der Waals surface area (Å²) in [7, 11) is -0.535. The number of hydrogen-bond donors (Lipinski definition) is 1. The van der Waals surface area contributed by atoms with E-state index in [0.717, 1.165) is 19.3 Å². The van der Waals surface area contributed by atoms with Gasteiger partial charge in [0, 0.05) is 18.7 Å². The van der Waals surface area contributed by atoms with E-state index in [1.165, 1.54) is 25.3 Å². The van der Waals surface area contributed by atoms with E-state index in [-0.39, 0.29) is 17.2 Å². The first-order valence-electron chi connectivity index (χ1n) is 6.78. The lowest BCUT2D eigenvalue weighted by atomic mass is 9.91. The number of ether oxygens (including phenoxy) is 1. The zero-order valence-corrected chi connectivity index (χ0v) is 13.0. The second-order valence-corrected chi connectivity index (χ2v) is 6.85. The van der Waals surface area contributed by atoms with Crippen molar-refractivity contribution < 1.29 is 17.9 Å². The molecular formula is C14H20N2O4S. The van der Waals surface area contributed by atoms with E-state index in [1.54, 1.807) is 11.9 Å². The van der Waals surface area contributed by atoms with E-state index in [4.69, 9.17) is 9.88 Å². The van der Waals surface area contributed by atoms with Crippen molar-refractivity contribution in [1.29, 1.82) is 0 Å². The second-order valence-electron chi connectivity index (χ2n) is 5.28. The Morgan fingerprint density at radius 3 is 2.57 bits per heavy atom. The zero-order chi connectivity index (χ0) is 15.6. The fraction of sp³-hybridized carbons (Fsp3) is 0.500. The standard InChI is InChI=1S/C14H20N2O4S/c1-16(11-4-3-5-11)14(17)9-10-8-12(21(15,18)19)6-7-13(10)20-2/h6-8,11H,3-5,9H2,1-2H3,(H2,15,18,19). The van der Waals surface area contributed by atoms with Crippen LogP contribution in [0.25, 0.3) is 0 Å². The summed E-state index contributed by atoms with van der Waals surface area (Å²) in [6.07, 6.45) is 3.29.